The fraction of sp³-hybridized carbons (Fsp3) is 0.130. The van der Waals surface area contributed by atoms with E-state index in [1.165, 1.54) is 11.3 Å². The summed E-state index contributed by atoms with van der Waals surface area (Å²) in [5.41, 5.74) is 3.03. The molecule has 4 aromatic rings. The number of benzene rings is 2. The van der Waals surface area contributed by atoms with Gasteiger partial charge in [-0.25, -0.2) is 9.78 Å². The van der Waals surface area contributed by atoms with E-state index in [4.69, 9.17) is 4.74 Å². The highest BCUT2D eigenvalue weighted by Crippen LogP contribution is 2.34. The third kappa shape index (κ3) is 3.99. The molecule has 0 bridgehead atoms. The minimum absolute atomic E-state index is 0.0262. The lowest BCUT2D eigenvalue weighted by Gasteiger charge is -2.17. The van der Waals surface area contributed by atoms with Gasteiger partial charge in [-0.05, 0) is 54.4 Å². The monoisotopic (exact) mass is 448 g/mol. The van der Waals surface area contributed by atoms with Gasteiger partial charge in [0.1, 0.15) is 9.88 Å². The quantitative estimate of drug-likeness (QED) is 0.345. The molecule has 3 heterocycles. The highest BCUT2D eigenvalue weighted by Gasteiger charge is 2.19. The molecule has 6 nitrogen and oxygen atoms in total. The number of Topliss-reactive ketones (excluding diaryl/α,β-unsaturated/α-hetero) is 1. The van der Waals surface area contributed by atoms with Crippen LogP contribution < -0.4 is 5.32 Å². The first kappa shape index (κ1) is 19.6. The number of ketones is 1. The van der Waals surface area contributed by atoms with Gasteiger partial charge in [-0.2, -0.15) is 0 Å². The Balaban J connectivity index is 1.25. The average molecular weight is 449 g/mol. The molecule has 0 atom stereocenters. The number of anilines is 1. The normalized spacial score (nSPS) is 13.0. The molecule has 0 radical (unpaired) electrons. The summed E-state index contributed by atoms with van der Waals surface area (Å²) < 4.78 is 6.34. The zero-order valence-electron chi connectivity index (χ0n) is 16.2. The number of nitrogens with one attached hydrogen (secondary N) is 1. The number of amides is 1. The zero-order valence-corrected chi connectivity index (χ0v) is 17.8. The van der Waals surface area contributed by atoms with Crippen molar-refractivity contribution < 1.29 is 19.1 Å². The first-order valence-corrected chi connectivity index (χ1v) is 11.3. The predicted octanol–water partition coefficient (Wildman–Crippen LogP) is 4.95. The van der Waals surface area contributed by atoms with Crippen LogP contribution in [0.3, 0.4) is 0 Å². The SMILES string of the molecule is O=C1CCc2cc(C(=O)COC(=O)c3ccc(-c4nc5ccccc5s4)s3)ccc2N1. The van der Waals surface area contributed by atoms with E-state index < -0.39 is 5.97 Å². The Morgan fingerprint density at radius 2 is 1.90 bits per heavy atom. The van der Waals surface area contributed by atoms with E-state index >= 15 is 0 Å². The van der Waals surface area contributed by atoms with E-state index in [1.807, 2.05) is 30.3 Å². The number of thiazole rings is 1. The summed E-state index contributed by atoms with van der Waals surface area (Å²) in [7, 11) is 0. The second-order valence-electron chi connectivity index (χ2n) is 7.07. The summed E-state index contributed by atoms with van der Waals surface area (Å²) in [6.07, 6.45) is 0.987. The van der Waals surface area contributed by atoms with Crippen LogP contribution >= 0.6 is 22.7 Å². The Morgan fingerprint density at radius 3 is 2.77 bits per heavy atom. The third-order valence-electron chi connectivity index (χ3n) is 4.97. The molecule has 154 valence electrons. The third-order valence-corrected chi connectivity index (χ3v) is 7.24. The number of nitrogens with zero attached hydrogens (tertiary/aromatic N) is 1. The molecule has 5 rings (SSSR count). The number of hydrogen-bond donors (Lipinski definition) is 1. The van der Waals surface area contributed by atoms with Crippen LogP contribution in [0.2, 0.25) is 0 Å². The van der Waals surface area contributed by atoms with Crippen molar-refractivity contribution in [2.75, 3.05) is 11.9 Å². The minimum atomic E-state index is -0.532. The van der Waals surface area contributed by atoms with Crippen molar-refractivity contribution in [2.45, 2.75) is 12.8 Å². The van der Waals surface area contributed by atoms with Crippen LogP contribution in [0.5, 0.6) is 0 Å². The second-order valence-corrected chi connectivity index (χ2v) is 9.18. The number of para-hydroxylation sites is 1. The van der Waals surface area contributed by atoms with Crippen LogP contribution in [0, 0.1) is 0 Å². The van der Waals surface area contributed by atoms with Crippen LogP contribution in [-0.4, -0.2) is 29.3 Å². The molecule has 0 saturated heterocycles. The summed E-state index contributed by atoms with van der Waals surface area (Å²) >= 11 is 2.87. The lowest BCUT2D eigenvalue weighted by atomic mass is 9.99. The number of carbonyl (C=O) groups is 3. The van der Waals surface area contributed by atoms with E-state index in [-0.39, 0.29) is 18.3 Å². The molecular formula is C23H16N2O4S2. The summed E-state index contributed by atoms with van der Waals surface area (Å²) in [5, 5.41) is 3.63. The largest absolute Gasteiger partial charge is 0.453 e. The molecule has 0 unspecified atom stereocenters. The molecule has 2 aromatic heterocycles. The Bertz CT molecular complexity index is 1310. The fourth-order valence-electron chi connectivity index (χ4n) is 3.38. The Morgan fingerprint density at radius 1 is 1.03 bits per heavy atom. The van der Waals surface area contributed by atoms with Crippen molar-refractivity contribution in [3.63, 3.8) is 0 Å². The summed E-state index contributed by atoms with van der Waals surface area (Å²) in [6.45, 7) is -0.335. The van der Waals surface area contributed by atoms with E-state index in [9.17, 15) is 14.4 Å². The number of thiophene rings is 1. The van der Waals surface area contributed by atoms with Crippen molar-refractivity contribution in [3.8, 4) is 9.88 Å². The molecule has 1 aliphatic rings. The van der Waals surface area contributed by atoms with Crippen molar-refractivity contribution in [3.05, 3.63) is 70.6 Å². The summed E-state index contributed by atoms with van der Waals surface area (Å²) in [6, 6.07) is 16.5. The smallest absolute Gasteiger partial charge is 0.348 e. The minimum Gasteiger partial charge on any atom is -0.453 e. The lowest BCUT2D eigenvalue weighted by molar-refractivity contribution is -0.116. The van der Waals surface area contributed by atoms with Crippen molar-refractivity contribution in [2.24, 2.45) is 0 Å². The van der Waals surface area contributed by atoms with Crippen LogP contribution in [0.1, 0.15) is 32.0 Å². The molecule has 0 saturated carbocycles. The molecule has 2 aromatic carbocycles. The highest BCUT2D eigenvalue weighted by atomic mass is 32.1. The maximum atomic E-state index is 12.5. The predicted molar refractivity (Wildman–Crippen MR) is 121 cm³/mol. The van der Waals surface area contributed by atoms with Crippen molar-refractivity contribution in [1.82, 2.24) is 4.98 Å². The summed E-state index contributed by atoms with van der Waals surface area (Å²) in [5.74, 6) is -0.839. The van der Waals surface area contributed by atoms with Crippen LogP contribution in [0.15, 0.2) is 54.6 Å². The van der Waals surface area contributed by atoms with E-state index in [0.717, 1.165) is 31.4 Å². The van der Waals surface area contributed by atoms with Gasteiger partial charge in [-0.15, -0.1) is 22.7 Å². The Kier molecular flexibility index (Phi) is 5.09. The topological polar surface area (TPSA) is 85.4 Å². The van der Waals surface area contributed by atoms with Gasteiger partial charge in [0.25, 0.3) is 0 Å². The number of esters is 1. The average Bonchev–Trinajstić information content (AvgIpc) is 3.44. The number of ether oxygens (including phenoxy) is 1. The number of carbonyl (C=O) groups excluding carboxylic acids is 3. The molecule has 0 fully saturated rings. The first-order chi connectivity index (χ1) is 15.1. The molecule has 1 amide bonds. The van der Waals surface area contributed by atoms with Gasteiger partial charge in [-0.1, -0.05) is 12.1 Å². The van der Waals surface area contributed by atoms with Gasteiger partial charge in [0.15, 0.2) is 12.4 Å². The van der Waals surface area contributed by atoms with Crippen LogP contribution in [0.25, 0.3) is 20.1 Å². The lowest BCUT2D eigenvalue weighted by Crippen LogP contribution is -2.20. The molecule has 8 heteroatoms. The van der Waals surface area contributed by atoms with Gasteiger partial charge >= 0.3 is 5.97 Å². The van der Waals surface area contributed by atoms with Gasteiger partial charge in [0, 0.05) is 17.7 Å². The first-order valence-electron chi connectivity index (χ1n) is 9.66. The van der Waals surface area contributed by atoms with Crippen molar-refractivity contribution in [1.29, 1.82) is 0 Å². The maximum absolute atomic E-state index is 12.5. The van der Waals surface area contributed by atoms with Gasteiger partial charge < -0.3 is 10.1 Å². The second kappa shape index (κ2) is 8.05. The Hall–Kier alpha value is -3.36. The van der Waals surface area contributed by atoms with Gasteiger partial charge in [0.05, 0.1) is 15.1 Å². The van der Waals surface area contributed by atoms with Crippen LogP contribution in [-0.2, 0) is 16.0 Å². The molecule has 0 spiro atoms. The van der Waals surface area contributed by atoms with Crippen LogP contribution in [0.4, 0.5) is 5.69 Å². The van der Waals surface area contributed by atoms with Crippen molar-refractivity contribution >= 4 is 56.2 Å². The fourth-order valence-corrected chi connectivity index (χ4v) is 5.30. The molecule has 1 N–H and O–H groups in total. The molecule has 31 heavy (non-hydrogen) atoms. The maximum Gasteiger partial charge on any atom is 0.348 e. The van der Waals surface area contributed by atoms with E-state index in [0.29, 0.717) is 23.3 Å². The number of hydrogen-bond acceptors (Lipinski definition) is 7. The molecular weight excluding hydrogens is 432 g/mol. The van der Waals surface area contributed by atoms with E-state index in [2.05, 4.69) is 10.3 Å². The summed E-state index contributed by atoms with van der Waals surface area (Å²) in [4.78, 5) is 42.3. The highest BCUT2D eigenvalue weighted by molar-refractivity contribution is 7.26. The number of aryl methyl sites for hydroxylation is 1. The van der Waals surface area contributed by atoms with Gasteiger partial charge in [0.2, 0.25) is 5.91 Å². The number of aromatic nitrogens is 1. The Labute approximate surface area is 185 Å². The number of fused-ring (bicyclic) bond motifs is 2. The standard InChI is InChI=1S/C23H16N2O4S2/c26-17(14-5-7-15-13(11-14)6-10-21(27)24-15)12-29-23(28)20-9-8-19(30-20)22-25-16-3-1-2-4-18(16)31-22/h1-5,7-9,11H,6,10,12H2,(H,24,27). The zero-order chi connectivity index (χ0) is 21.4. The number of rotatable bonds is 5. The molecule has 1 aliphatic heterocycles. The molecule has 0 aliphatic carbocycles. The van der Waals surface area contributed by atoms with Gasteiger partial charge in [-0.3, -0.25) is 9.59 Å². The van der Waals surface area contributed by atoms with E-state index in [1.54, 1.807) is 35.6 Å².